The molecule has 1 aliphatic rings. The van der Waals surface area contributed by atoms with Gasteiger partial charge in [-0.3, -0.25) is 0 Å². The van der Waals surface area contributed by atoms with Crippen LogP contribution in [-0.2, 0) is 14.3 Å². The van der Waals surface area contributed by atoms with E-state index in [1.165, 1.54) is 7.11 Å². The molecule has 3 N–H and O–H groups in total. The SMILES string of the molecule is CO[C@@H]1O[C@H](C(=O)O)[C@@H](O)[C@H](O)[C@H]1I. The first-order valence-corrected chi connectivity index (χ1v) is 5.15. The number of halogens is 1. The Morgan fingerprint density at radius 2 is 2.00 bits per heavy atom. The van der Waals surface area contributed by atoms with Crippen molar-refractivity contribution < 1.29 is 29.6 Å². The van der Waals surface area contributed by atoms with Crippen LogP contribution < -0.4 is 0 Å². The first-order valence-electron chi connectivity index (χ1n) is 3.90. The van der Waals surface area contributed by atoms with Crippen LogP contribution in [0.1, 0.15) is 0 Å². The van der Waals surface area contributed by atoms with E-state index >= 15 is 0 Å². The van der Waals surface area contributed by atoms with E-state index in [1.807, 2.05) is 22.6 Å². The fourth-order valence-electron chi connectivity index (χ4n) is 1.22. The van der Waals surface area contributed by atoms with Crippen molar-refractivity contribution in [2.75, 3.05) is 7.11 Å². The Kier molecular flexibility index (Phi) is 4.07. The molecule has 14 heavy (non-hydrogen) atoms. The number of alkyl halides is 1. The van der Waals surface area contributed by atoms with Crippen molar-refractivity contribution in [3.63, 3.8) is 0 Å². The average Bonchev–Trinajstić information content (AvgIpc) is 2.14. The second-order valence-corrected chi connectivity index (χ2v) is 4.36. The van der Waals surface area contributed by atoms with Crippen LogP contribution >= 0.6 is 22.6 Å². The predicted octanol–water partition coefficient (Wildman–Crippen LogP) is -1.03. The summed E-state index contributed by atoms with van der Waals surface area (Å²) in [6.07, 6.45) is -4.87. The zero-order valence-electron chi connectivity index (χ0n) is 7.33. The summed E-state index contributed by atoms with van der Waals surface area (Å²) in [5, 5.41) is 27.5. The van der Waals surface area contributed by atoms with Crippen LogP contribution in [0.15, 0.2) is 0 Å². The third kappa shape index (κ3) is 2.16. The monoisotopic (exact) mass is 318 g/mol. The molecule has 0 radical (unpaired) electrons. The molecule has 0 aromatic rings. The van der Waals surface area contributed by atoms with Crippen molar-refractivity contribution in [3.8, 4) is 0 Å². The molecule has 0 bridgehead atoms. The molecule has 0 unspecified atom stereocenters. The van der Waals surface area contributed by atoms with E-state index in [2.05, 4.69) is 0 Å². The van der Waals surface area contributed by atoms with E-state index < -0.39 is 34.5 Å². The number of ether oxygens (including phenoxy) is 2. The first-order chi connectivity index (χ1) is 6.49. The molecule has 0 spiro atoms. The van der Waals surface area contributed by atoms with Crippen molar-refractivity contribution in [1.82, 2.24) is 0 Å². The topological polar surface area (TPSA) is 96.2 Å². The number of aliphatic carboxylic acids is 1. The van der Waals surface area contributed by atoms with Gasteiger partial charge >= 0.3 is 5.97 Å². The molecule has 0 amide bonds. The number of methoxy groups -OCH3 is 1. The highest BCUT2D eigenvalue weighted by Crippen LogP contribution is 2.27. The molecule has 1 aliphatic heterocycles. The summed E-state index contributed by atoms with van der Waals surface area (Å²) in [5.41, 5.74) is 0. The van der Waals surface area contributed by atoms with Gasteiger partial charge < -0.3 is 24.8 Å². The lowest BCUT2D eigenvalue weighted by molar-refractivity contribution is -0.238. The highest BCUT2D eigenvalue weighted by Gasteiger charge is 2.46. The first kappa shape index (κ1) is 12.1. The molecule has 0 saturated carbocycles. The maximum atomic E-state index is 10.6. The van der Waals surface area contributed by atoms with E-state index in [4.69, 9.17) is 14.6 Å². The second kappa shape index (κ2) is 4.71. The molecule has 1 saturated heterocycles. The minimum atomic E-state index is -1.44. The molecule has 6 nitrogen and oxygen atoms in total. The van der Waals surface area contributed by atoms with Crippen LogP contribution in [0.4, 0.5) is 0 Å². The maximum absolute atomic E-state index is 10.6. The largest absolute Gasteiger partial charge is 0.479 e. The zero-order valence-corrected chi connectivity index (χ0v) is 9.49. The normalized spacial score (nSPS) is 43.6. The number of aliphatic hydroxyl groups is 2. The van der Waals surface area contributed by atoms with Crippen LogP contribution in [0.25, 0.3) is 0 Å². The van der Waals surface area contributed by atoms with E-state index in [-0.39, 0.29) is 0 Å². The van der Waals surface area contributed by atoms with Crippen molar-refractivity contribution in [1.29, 1.82) is 0 Å². The number of carboxylic acids is 1. The van der Waals surface area contributed by atoms with Crippen LogP contribution in [0.3, 0.4) is 0 Å². The molecule has 1 fully saturated rings. The van der Waals surface area contributed by atoms with Gasteiger partial charge in [0.2, 0.25) is 0 Å². The lowest BCUT2D eigenvalue weighted by Crippen LogP contribution is -2.58. The maximum Gasteiger partial charge on any atom is 0.335 e. The quantitative estimate of drug-likeness (QED) is 0.445. The molecule has 1 rings (SSSR count). The van der Waals surface area contributed by atoms with Gasteiger partial charge in [0.1, 0.15) is 6.10 Å². The van der Waals surface area contributed by atoms with Gasteiger partial charge in [0.15, 0.2) is 12.4 Å². The molecular weight excluding hydrogens is 307 g/mol. The summed E-state index contributed by atoms with van der Waals surface area (Å²) in [6, 6.07) is 0. The highest BCUT2D eigenvalue weighted by atomic mass is 127. The molecule has 0 aliphatic carbocycles. The van der Waals surface area contributed by atoms with Gasteiger partial charge in [0.25, 0.3) is 0 Å². The summed E-state index contributed by atoms with van der Waals surface area (Å²) in [5.74, 6) is -1.32. The third-order valence-corrected chi connectivity index (χ3v) is 3.33. The van der Waals surface area contributed by atoms with Gasteiger partial charge in [0.05, 0.1) is 10.0 Å². The molecule has 82 valence electrons. The minimum Gasteiger partial charge on any atom is -0.479 e. The number of carbonyl (C=O) groups is 1. The molecular formula is C7H11IO6. The van der Waals surface area contributed by atoms with E-state index in [9.17, 15) is 15.0 Å². The summed E-state index contributed by atoms with van der Waals surface area (Å²) < 4.78 is 9.29. The van der Waals surface area contributed by atoms with Gasteiger partial charge in [-0.05, 0) is 0 Å². The van der Waals surface area contributed by atoms with Gasteiger partial charge in [-0.1, -0.05) is 22.6 Å². The molecule has 0 aromatic carbocycles. The Morgan fingerprint density at radius 3 is 2.43 bits per heavy atom. The average molecular weight is 318 g/mol. The van der Waals surface area contributed by atoms with Crippen molar-refractivity contribution in [2.24, 2.45) is 0 Å². The van der Waals surface area contributed by atoms with Gasteiger partial charge in [-0.2, -0.15) is 0 Å². The fraction of sp³-hybridized carbons (Fsp3) is 0.857. The van der Waals surface area contributed by atoms with Crippen LogP contribution in [0, 0.1) is 0 Å². The van der Waals surface area contributed by atoms with E-state index in [1.54, 1.807) is 0 Å². The van der Waals surface area contributed by atoms with E-state index in [0.717, 1.165) is 0 Å². The predicted molar refractivity (Wildman–Crippen MR) is 53.1 cm³/mol. The molecule has 0 aromatic heterocycles. The van der Waals surface area contributed by atoms with E-state index in [0.29, 0.717) is 0 Å². The Bertz CT molecular complexity index is 220. The molecule has 5 atom stereocenters. The number of rotatable bonds is 2. The highest BCUT2D eigenvalue weighted by molar-refractivity contribution is 14.1. The molecule has 1 heterocycles. The van der Waals surface area contributed by atoms with Crippen LogP contribution in [0.5, 0.6) is 0 Å². The lowest BCUT2D eigenvalue weighted by atomic mass is 10.0. The summed E-state index contributed by atoms with van der Waals surface area (Å²) in [7, 11) is 1.35. The third-order valence-electron chi connectivity index (χ3n) is 2.00. The Labute approximate surface area is 94.0 Å². The summed E-state index contributed by atoms with van der Waals surface area (Å²) in [4.78, 5) is 10.6. The minimum absolute atomic E-state index is 0.497. The number of hydrogen-bond donors (Lipinski definition) is 3. The van der Waals surface area contributed by atoms with Crippen molar-refractivity contribution in [2.45, 2.75) is 28.5 Å². The summed E-state index contributed by atoms with van der Waals surface area (Å²) in [6.45, 7) is 0. The zero-order chi connectivity index (χ0) is 10.9. The standard InChI is InChI=1S/C7H11IO6/c1-13-7-2(8)3(9)4(10)5(14-7)6(11)12/h2-5,7,9-10H,1H3,(H,11,12)/t2-,3-,4+,5+,7-/m1/s1. The smallest absolute Gasteiger partial charge is 0.335 e. The number of hydrogen-bond acceptors (Lipinski definition) is 5. The Balaban J connectivity index is 2.78. The Hall–Kier alpha value is 0.0400. The molecule has 7 heteroatoms. The van der Waals surface area contributed by atoms with Gasteiger partial charge in [0, 0.05) is 7.11 Å². The number of aliphatic hydroxyl groups excluding tert-OH is 2. The van der Waals surface area contributed by atoms with Crippen molar-refractivity contribution >= 4 is 28.6 Å². The summed E-state index contributed by atoms with van der Waals surface area (Å²) >= 11 is 1.84. The van der Waals surface area contributed by atoms with Crippen LogP contribution in [-0.4, -0.2) is 56.9 Å². The number of carboxylic acid groups (broad SMARTS) is 1. The Morgan fingerprint density at radius 1 is 1.43 bits per heavy atom. The lowest BCUT2D eigenvalue weighted by Gasteiger charge is -2.37. The van der Waals surface area contributed by atoms with Crippen LogP contribution in [0.2, 0.25) is 0 Å². The van der Waals surface area contributed by atoms with Crippen molar-refractivity contribution in [3.05, 3.63) is 0 Å². The fourth-order valence-corrected chi connectivity index (χ4v) is 2.11. The van der Waals surface area contributed by atoms with Gasteiger partial charge in [-0.15, -0.1) is 0 Å². The van der Waals surface area contributed by atoms with Gasteiger partial charge in [-0.25, -0.2) is 4.79 Å². The second-order valence-electron chi connectivity index (χ2n) is 2.92.